The van der Waals surface area contributed by atoms with Gasteiger partial charge >= 0.3 is 0 Å². The Morgan fingerprint density at radius 2 is 1.78 bits per heavy atom. The molecule has 8 heteroatoms. The highest BCUT2D eigenvalue weighted by Crippen LogP contribution is 2.31. The Hall–Kier alpha value is -3.00. The highest BCUT2D eigenvalue weighted by Gasteiger charge is 2.39. The molecule has 32 heavy (non-hydrogen) atoms. The molecule has 0 atom stereocenters. The van der Waals surface area contributed by atoms with Crippen LogP contribution in [0.25, 0.3) is 5.57 Å². The Balaban J connectivity index is 2.20. The van der Waals surface area contributed by atoms with Crippen LogP contribution >= 0.6 is 0 Å². The van der Waals surface area contributed by atoms with E-state index in [2.05, 4.69) is 38.3 Å². The van der Waals surface area contributed by atoms with Crippen LogP contribution in [0, 0.1) is 22.0 Å². The number of hydrogen-bond acceptors (Lipinski definition) is 6. The van der Waals surface area contributed by atoms with Gasteiger partial charge in [-0.1, -0.05) is 0 Å². The molecule has 1 aromatic carbocycles. The normalized spacial score (nSPS) is 18.4. The van der Waals surface area contributed by atoms with Gasteiger partial charge in [-0.3, -0.25) is 5.41 Å². The van der Waals surface area contributed by atoms with Crippen molar-refractivity contribution in [2.45, 2.75) is 57.7 Å². The smallest absolute Gasteiger partial charge is 0.136 e. The number of aromatic hydroxyl groups is 1. The van der Waals surface area contributed by atoms with Crippen molar-refractivity contribution in [1.82, 2.24) is 15.5 Å². The summed E-state index contributed by atoms with van der Waals surface area (Å²) in [5.74, 6) is -0.937. The number of phenolic OH excluding ortho intramolecular Hbond substituents is 1. The van der Waals surface area contributed by atoms with E-state index in [-0.39, 0.29) is 40.0 Å². The lowest BCUT2D eigenvalue weighted by molar-refractivity contribution is 0.114. The van der Waals surface area contributed by atoms with Crippen LogP contribution in [0.1, 0.15) is 51.7 Å². The predicted octanol–water partition coefficient (Wildman–Crippen LogP) is 3.88. The number of nitrogens with zero attached hydrogens (tertiary/aromatic N) is 1. The van der Waals surface area contributed by atoms with Crippen LogP contribution in [0.15, 0.2) is 30.5 Å². The number of halogens is 1. The van der Waals surface area contributed by atoms with Crippen molar-refractivity contribution < 1.29 is 9.50 Å². The van der Waals surface area contributed by atoms with Crippen LogP contribution in [-0.2, 0) is 0 Å². The molecule has 0 aliphatic carbocycles. The van der Waals surface area contributed by atoms with Gasteiger partial charge in [0.1, 0.15) is 17.4 Å². The van der Waals surface area contributed by atoms with Gasteiger partial charge in [0.2, 0.25) is 0 Å². The molecule has 0 saturated carbocycles. The van der Waals surface area contributed by atoms with Gasteiger partial charge < -0.3 is 31.5 Å². The molecule has 0 aromatic heterocycles. The first-order valence-electron chi connectivity index (χ1n) is 10.6. The van der Waals surface area contributed by atoms with Gasteiger partial charge in [0.05, 0.1) is 11.3 Å². The number of allylic oxidation sites excluding steroid dienone is 2. The summed E-state index contributed by atoms with van der Waals surface area (Å²) in [6.07, 6.45) is 7.10. The molecule has 1 aliphatic heterocycles. The second kappa shape index (κ2) is 9.65. The minimum atomic E-state index is -0.764. The third-order valence-electron chi connectivity index (χ3n) is 5.63. The van der Waals surface area contributed by atoms with Gasteiger partial charge in [0.15, 0.2) is 0 Å². The lowest BCUT2D eigenvalue weighted by Gasteiger charge is -2.49. The van der Waals surface area contributed by atoms with Crippen molar-refractivity contribution in [2.24, 2.45) is 0 Å². The third-order valence-corrected chi connectivity index (χ3v) is 5.63. The van der Waals surface area contributed by atoms with Crippen LogP contribution in [-0.4, -0.2) is 59.0 Å². The third kappa shape index (κ3) is 6.03. The topological polar surface area (TPSA) is 119 Å². The fraction of sp³-hybridized carbons (Fsp3) is 0.458. The molecule has 0 unspecified atom stereocenters. The minimum Gasteiger partial charge on any atom is -0.507 e. The maximum atomic E-state index is 14.7. The van der Waals surface area contributed by atoms with Gasteiger partial charge in [0, 0.05) is 49.2 Å². The van der Waals surface area contributed by atoms with E-state index in [9.17, 15) is 9.50 Å². The van der Waals surface area contributed by atoms with Crippen LogP contribution in [0.2, 0.25) is 0 Å². The second-order valence-corrected chi connectivity index (χ2v) is 9.58. The summed E-state index contributed by atoms with van der Waals surface area (Å²) in [4.78, 5) is 1.88. The lowest BCUT2D eigenvalue weighted by Crippen LogP contribution is -2.62. The number of hydrogen-bond donors (Lipinski definition) is 6. The molecule has 1 heterocycles. The van der Waals surface area contributed by atoms with E-state index >= 15 is 0 Å². The zero-order valence-corrected chi connectivity index (χ0v) is 19.7. The van der Waals surface area contributed by atoms with E-state index in [4.69, 9.17) is 16.2 Å². The maximum Gasteiger partial charge on any atom is 0.136 e. The Bertz CT molecular complexity index is 924. The number of piperidine rings is 1. The molecule has 174 valence electrons. The maximum absolute atomic E-state index is 14.7. The van der Waals surface area contributed by atoms with E-state index < -0.39 is 5.82 Å². The Morgan fingerprint density at radius 3 is 2.28 bits per heavy atom. The fourth-order valence-electron chi connectivity index (χ4n) is 4.49. The standard InChI is InChI=1S/C24H35FN6O/c1-23(2)11-17(12-24(3,4)30-23)31(6)21(28)8-7-19(27)22-18(25)9-15(10-20(22)32)16(13-26)14-29-5/h7-10,13-14,17,26-30,32H,11-12H2,1-6H3/b8-7-,16-14+,26-13?,27-19?,28-21?. The largest absolute Gasteiger partial charge is 0.507 e. The second-order valence-electron chi connectivity index (χ2n) is 9.58. The summed E-state index contributed by atoms with van der Waals surface area (Å²) >= 11 is 0. The van der Waals surface area contributed by atoms with Crippen molar-refractivity contribution in [3.63, 3.8) is 0 Å². The first-order chi connectivity index (χ1) is 14.8. The number of nitrogens with one attached hydrogen (secondary N) is 5. The summed E-state index contributed by atoms with van der Waals surface area (Å²) in [5.41, 5.74) is 0.124. The summed E-state index contributed by atoms with van der Waals surface area (Å²) in [6, 6.07) is 2.66. The van der Waals surface area contributed by atoms with E-state index in [1.807, 2.05) is 11.9 Å². The molecule has 0 amide bonds. The first-order valence-corrected chi connectivity index (χ1v) is 10.6. The van der Waals surface area contributed by atoms with Crippen LogP contribution in [0.5, 0.6) is 5.75 Å². The average Bonchev–Trinajstić information content (AvgIpc) is 2.66. The number of rotatable bonds is 7. The first kappa shape index (κ1) is 25.3. The van der Waals surface area contributed by atoms with Gasteiger partial charge in [-0.15, -0.1) is 0 Å². The minimum absolute atomic E-state index is 0.0644. The number of benzene rings is 1. The molecule has 0 radical (unpaired) electrons. The van der Waals surface area contributed by atoms with Crippen molar-refractivity contribution in [1.29, 1.82) is 16.2 Å². The molecule has 0 spiro atoms. The molecular weight excluding hydrogens is 407 g/mol. The number of likely N-dealkylation sites (N-methyl/N-ethyl adjacent to an activating group) is 1. The highest BCUT2D eigenvalue weighted by molar-refractivity contribution is 6.12. The van der Waals surface area contributed by atoms with Crippen LogP contribution in [0.4, 0.5) is 4.39 Å². The number of amidine groups is 1. The van der Waals surface area contributed by atoms with Crippen LogP contribution < -0.4 is 10.6 Å². The fourth-order valence-corrected chi connectivity index (χ4v) is 4.49. The van der Waals surface area contributed by atoms with Crippen molar-refractivity contribution in [3.8, 4) is 5.75 Å². The predicted molar refractivity (Wildman–Crippen MR) is 130 cm³/mol. The van der Waals surface area contributed by atoms with Crippen LogP contribution in [0.3, 0.4) is 0 Å². The van der Waals surface area contributed by atoms with Gasteiger partial charge in [-0.05, 0) is 70.4 Å². The zero-order chi connectivity index (χ0) is 24.3. The Labute approximate surface area is 189 Å². The molecular formula is C24H35FN6O. The average molecular weight is 443 g/mol. The lowest BCUT2D eigenvalue weighted by atomic mass is 9.79. The quantitative estimate of drug-likeness (QED) is 0.284. The molecule has 1 aliphatic rings. The summed E-state index contributed by atoms with van der Waals surface area (Å²) in [6.45, 7) is 8.59. The molecule has 7 nitrogen and oxygen atoms in total. The summed E-state index contributed by atoms with van der Waals surface area (Å²) in [7, 11) is 3.52. The van der Waals surface area contributed by atoms with Gasteiger partial charge in [-0.25, -0.2) is 4.39 Å². The van der Waals surface area contributed by atoms with E-state index in [0.717, 1.165) is 19.1 Å². The van der Waals surface area contributed by atoms with Gasteiger partial charge in [-0.2, -0.15) is 0 Å². The number of phenols is 1. The highest BCUT2D eigenvalue weighted by atomic mass is 19.1. The Morgan fingerprint density at radius 1 is 1.19 bits per heavy atom. The summed E-state index contributed by atoms with van der Waals surface area (Å²) < 4.78 is 14.7. The van der Waals surface area contributed by atoms with E-state index in [0.29, 0.717) is 11.1 Å². The molecule has 0 bridgehead atoms. The molecule has 1 saturated heterocycles. The summed E-state index contributed by atoms with van der Waals surface area (Å²) in [5, 5.41) is 40.9. The van der Waals surface area contributed by atoms with Crippen molar-refractivity contribution in [2.75, 3.05) is 14.1 Å². The zero-order valence-electron chi connectivity index (χ0n) is 19.7. The Kier molecular flexibility index (Phi) is 7.62. The van der Waals surface area contributed by atoms with Gasteiger partial charge in [0.25, 0.3) is 0 Å². The van der Waals surface area contributed by atoms with Crippen molar-refractivity contribution in [3.05, 3.63) is 47.4 Å². The van der Waals surface area contributed by atoms with E-state index in [1.54, 1.807) is 7.05 Å². The molecule has 1 aromatic rings. The van der Waals surface area contributed by atoms with E-state index in [1.165, 1.54) is 30.5 Å². The molecule has 6 N–H and O–H groups in total. The van der Waals surface area contributed by atoms with Crippen molar-refractivity contribution >= 4 is 23.3 Å². The molecule has 1 fully saturated rings. The SMILES string of the molecule is CN/C=C(\C=N)c1cc(O)c(C(=N)/C=C\C(=N)N(C)C2CC(C)(C)NC(C)(C)C2)c(F)c1. The molecule has 2 rings (SSSR count). The monoisotopic (exact) mass is 442 g/mol.